The molecule has 18 heavy (non-hydrogen) atoms. The highest BCUT2D eigenvalue weighted by Gasteiger charge is 2.45. The van der Waals surface area contributed by atoms with Crippen LogP contribution in [0.3, 0.4) is 0 Å². The summed E-state index contributed by atoms with van der Waals surface area (Å²) in [5.74, 6) is 0.543. The molecule has 0 radical (unpaired) electrons. The molecule has 0 spiro atoms. The summed E-state index contributed by atoms with van der Waals surface area (Å²) in [5.41, 5.74) is 0.900. The van der Waals surface area contributed by atoms with Crippen molar-refractivity contribution in [2.75, 3.05) is 6.61 Å². The fourth-order valence-corrected chi connectivity index (χ4v) is 2.51. The number of nitrogens with zero attached hydrogens (tertiary/aromatic N) is 2. The fourth-order valence-electron chi connectivity index (χ4n) is 2.38. The second kappa shape index (κ2) is 5.41. The molecule has 4 heteroatoms. The molecule has 0 unspecified atom stereocenters. The van der Waals surface area contributed by atoms with Gasteiger partial charge >= 0.3 is 0 Å². The quantitative estimate of drug-likeness (QED) is 0.474. The van der Waals surface area contributed by atoms with Crippen molar-refractivity contribution in [3.05, 3.63) is 34.9 Å². The van der Waals surface area contributed by atoms with Crippen LogP contribution in [0.25, 0.3) is 0 Å². The third-order valence-electron chi connectivity index (χ3n) is 3.45. The first-order valence-electron chi connectivity index (χ1n) is 6.09. The highest BCUT2D eigenvalue weighted by atomic mass is 35.5. The second-order valence-electron chi connectivity index (χ2n) is 4.39. The number of hydrogen-bond acceptors (Lipinski definition) is 3. The molecule has 0 saturated heterocycles. The van der Waals surface area contributed by atoms with Gasteiger partial charge in [0.05, 0.1) is 12.0 Å². The largest absolute Gasteiger partial charge is 0.480 e. The van der Waals surface area contributed by atoms with Crippen LogP contribution >= 0.6 is 11.6 Å². The Balaban J connectivity index is 2.38. The fraction of sp³-hybridized carbons (Fsp3) is 0.429. The van der Waals surface area contributed by atoms with Crippen molar-refractivity contribution in [1.82, 2.24) is 0 Å². The van der Waals surface area contributed by atoms with Crippen molar-refractivity contribution in [2.24, 2.45) is 4.99 Å². The number of rotatable bonds is 3. The SMILES string of the molecule is CCO/C(=N/C#N)C1(c2ccc(Cl)cc2)CCC1. The zero-order chi connectivity index (χ0) is 13.0. The van der Waals surface area contributed by atoms with Crippen LogP contribution in [0.15, 0.2) is 29.3 Å². The first kappa shape index (κ1) is 12.9. The summed E-state index contributed by atoms with van der Waals surface area (Å²) in [5, 5.41) is 9.51. The molecule has 0 bridgehead atoms. The molecule has 94 valence electrons. The van der Waals surface area contributed by atoms with E-state index >= 15 is 0 Å². The van der Waals surface area contributed by atoms with Gasteiger partial charge < -0.3 is 4.74 Å². The summed E-state index contributed by atoms with van der Waals surface area (Å²) in [6.07, 6.45) is 4.90. The summed E-state index contributed by atoms with van der Waals surface area (Å²) in [6, 6.07) is 7.72. The van der Waals surface area contributed by atoms with E-state index in [0.717, 1.165) is 24.8 Å². The standard InChI is InChI=1S/C14H15ClN2O/c1-2-18-13(17-10-16)14(8-3-9-14)11-4-6-12(15)7-5-11/h4-7H,2-3,8-9H2,1H3/b17-13+. The Labute approximate surface area is 112 Å². The predicted octanol–water partition coefficient (Wildman–Crippen LogP) is 3.68. The lowest BCUT2D eigenvalue weighted by atomic mass is 9.64. The molecule has 1 aliphatic carbocycles. The van der Waals surface area contributed by atoms with Gasteiger partial charge in [-0.2, -0.15) is 5.26 Å². The summed E-state index contributed by atoms with van der Waals surface area (Å²) in [4.78, 5) is 3.87. The van der Waals surface area contributed by atoms with Crippen LogP contribution in [0.1, 0.15) is 31.7 Å². The Morgan fingerprint density at radius 1 is 1.44 bits per heavy atom. The van der Waals surface area contributed by atoms with Crippen molar-refractivity contribution in [2.45, 2.75) is 31.6 Å². The lowest BCUT2D eigenvalue weighted by molar-refractivity contribution is 0.233. The van der Waals surface area contributed by atoms with E-state index in [1.807, 2.05) is 37.4 Å². The molecule has 0 aromatic heterocycles. The molecule has 1 saturated carbocycles. The Bertz CT molecular complexity index is 484. The molecule has 3 nitrogen and oxygen atoms in total. The van der Waals surface area contributed by atoms with Gasteiger partial charge in [0.15, 0.2) is 0 Å². The van der Waals surface area contributed by atoms with E-state index in [1.165, 1.54) is 0 Å². The van der Waals surface area contributed by atoms with Crippen molar-refractivity contribution in [3.8, 4) is 6.19 Å². The van der Waals surface area contributed by atoms with Crippen molar-refractivity contribution in [1.29, 1.82) is 5.26 Å². The lowest BCUT2D eigenvalue weighted by Crippen LogP contribution is -2.43. The first-order valence-corrected chi connectivity index (χ1v) is 6.47. The number of halogens is 1. The number of benzene rings is 1. The van der Waals surface area contributed by atoms with E-state index in [2.05, 4.69) is 4.99 Å². The molecule has 0 N–H and O–H groups in total. The van der Waals surface area contributed by atoms with Crippen LogP contribution in [-0.4, -0.2) is 12.5 Å². The minimum absolute atomic E-state index is 0.226. The summed E-state index contributed by atoms with van der Waals surface area (Å²) in [7, 11) is 0. The summed E-state index contributed by atoms with van der Waals surface area (Å²) >= 11 is 5.91. The Hall–Kier alpha value is -1.53. The topological polar surface area (TPSA) is 45.4 Å². The minimum Gasteiger partial charge on any atom is -0.480 e. The molecular weight excluding hydrogens is 248 g/mol. The lowest BCUT2D eigenvalue weighted by Gasteiger charge is -2.41. The van der Waals surface area contributed by atoms with Crippen LogP contribution in [0.2, 0.25) is 5.02 Å². The molecular formula is C14H15ClN2O. The molecule has 1 aromatic rings. The van der Waals surface area contributed by atoms with E-state index < -0.39 is 0 Å². The maximum absolute atomic E-state index is 8.80. The Morgan fingerprint density at radius 3 is 2.56 bits per heavy atom. The van der Waals surface area contributed by atoms with Crippen LogP contribution in [0.4, 0.5) is 0 Å². The zero-order valence-electron chi connectivity index (χ0n) is 10.3. The van der Waals surface area contributed by atoms with Crippen molar-refractivity contribution in [3.63, 3.8) is 0 Å². The first-order chi connectivity index (χ1) is 8.73. The van der Waals surface area contributed by atoms with E-state index in [4.69, 9.17) is 21.6 Å². The summed E-state index contributed by atoms with van der Waals surface area (Å²) < 4.78 is 5.57. The third-order valence-corrected chi connectivity index (χ3v) is 3.70. The molecule has 1 aliphatic rings. The molecule has 1 aromatic carbocycles. The number of ether oxygens (including phenoxy) is 1. The average molecular weight is 263 g/mol. The molecule has 1 fully saturated rings. The highest BCUT2D eigenvalue weighted by molar-refractivity contribution is 6.30. The van der Waals surface area contributed by atoms with Crippen LogP contribution in [0, 0.1) is 11.5 Å². The zero-order valence-corrected chi connectivity index (χ0v) is 11.1. The van der Waals surface area contributed by atoms with Gasteiger partial charge in [-0.1, -0.05) is 30.2 Å². The van der Waals surface area contributed by atoms with Gasteiger partial charge in [0.2, 0.25) is 12.1 Å². The summed E-state index contributed by atoms with van der Waals surface area (Å²) in [6.45, 7) is 2.43. The average Bonchev–Trinajstić information content (AvgIpc) is 2.31. The van der Waals surface area contributed by atoms with Gasteiger partial charge in [-0.15, -0.1) is 4.99 Å². The van der Waals surface area contributed by atoms with Gasteiger partial charge in [0.25, 0.3) is 0 Å². The minimum atomic E-state index is -0.226. The van der Waals surface area contributed by atoms with E-state index in [1.54, 1.807) is 0 Å². The molecule has 0 atom stereocenters. The van der Waals surface area contributed by atoms with Gasteiger partial charge in [0, 0.05) is 5.02 Å². The van der Waals surface area contributed by atoms with Crippen LogP contribution in [-0.2, 0) is 10.2 Å². The van der Waals surface area contributed by atoms with E-state index in [-0.39, 0.29) is 5.41 Å². The third kappa shape index (κ3) is 2.21. The molecule has 0 aliphatic heterocycles. The van der Waals surface area contributed by atoms with Gasteiger partial charge in [-0.25, -0.2) is 0 Å². The molecule has 0 amide bonds. The number of hydrogen-bond donors (Lipinski definition) is 0. The normalized spacial score (nSPS) is 17.7. The van der Waals surface area contributed by atoms with Crippen molar-refractivity contribution >= 4 is 17.5 Å². The Morgan fingerprint density at radius 2 is 2.11 bits per heavy atom. The maximum Gasteiger partial charge on any atom is 0.210 e. The van der Waals surface area contributed by atoms with E-state index in [0.29, 0.717) is 17.5 Å². The van der Waals surface area contributed by atoms with E-state index in [9.17, 15) is 0 Å². The Kier molecular flexibility index (Phi) is 3.88. The van der Waals surface area contributed by atoms with Crippen LogP contribution in [0.5, 0.6) is 0 Å². The highest BCUT2D eigenvalue weighted by Crippen LogP contribution is 2.45. The second-order valence-corrected chi connectivity index (χ2v) is 4.83. The number of nitriles is 1. The van der Waals surface area contributed by atoms with Gasteiger partial charge in [-0.05, 0) is 37.5 Å². The van der Waals surface area contributed by atoms with Crippen LogP contribution < -0.4 is 0 Å². The van der Waals surface area contributed by atoms with Gasteiger partial charge in [0.1, 0.15) is 0 Å². The maximum atomic E-state index is 8.80. The van der Waals surface area contributed by atoms with Crippen molar-refractivity contribution < 1.29 is 4.74 Å². The number of aliphatic imine (C=N–C) groups is 1. The van der Waals surface area contributed by atoms with Gasteiger partial charge in [-0.3, -0.25) is 0 Å². The molecule has 2 rings (SSSR count). The smallest absolute Gasteiger partial charge is 0.210 e. The predicted molar refractivity (Wildman–Crippen MR) is 71.7 cm³/mol. The monoisotopic (exact) mass is 262 g/mol. The molecule has 0 heterocycles.